The van der Waals surface area contributed by atoms with E-state index in [4.69, 9.17) is 39.1 Å². The standard InChI is InChI=1S/C53H60O4.C35H56O4.2H4O5P2/c1-48(2,38-21-13-9-14-22-38)42-29-31-44(46(33-42)50(5,6)40-25-17-11-18-26-40)53(57,52(35-54,36-55)37-56)45-32-30-43(49(3,4)39-23-15-10-16-24-39)34-47(45)51(7,8)41-27-19-12-20-28-41;1-22-15-24(30(3,4)5)28(25(16-22)31(6,7)8)35(39,34(19-36,20-37)21-38)29-26(32(9,10)11)17-23(2)18-27(29)33(12,13)14;2*1-6(2)5-7(3)4/h9-34,54-57H,35-37H2,1-8H3;15-18,36-39H,19-21H2,1-14H3;2*1-4H. The fourth-order valence-corrected chi connectivity index (χ4v) is 15.8. The number of aryl methyl sites for hydroxylation is 2. The van der Waals surface area contributed by atoms with E-state index in [1.54, 1.807) is 0 Å². The number of hydrogen-bond donors (Lipinski definition) is 16. The molecule has 0 aliphatic carbocycles. The van der Waals surface area contributed by atoms with Crippen LogP contribution in [0, 0.1) is 24.7 Å². The molecule has 0 aromatic heterocycles. The van der Waals surface area contributed by atoms with Crippen LogP contribution in [-0.4, -0.2) is 120 Å². The minimum Gasteiger partial charge on any atom is -0.395 e. The van der Waals surface area contributed by atoms with E-state index in [1.165, 1.54) is 0 Å². The van der Waals surface area contributed by atoms with Crippen molar-refractivity contribution in [1.29, 1.82) is 0 Å². The maximum atomic E-state index is 14.2. The minimum absolute atomic E-state index is 0.379. The number of benzene rings is 8. The molecule has 0 fully saturated rings. The molecular weight excluding hydrogens is 1470 g/mol. The topological polar surface area (TPSA) is 342 Å². The molecule has 0 unspecified atom stereocenters. The van der Waals surface area contributed by atoms with Gasteiger partial charge in [-0.15, -0.1) is 0 Å². The lowest BCUT2D eigenvalue weighted by Gasteiger charge is -2.52. The van der Waals surface area contributed by atoms with Crippen molar-refractivity contribution < 1.29 is 88.6 Å². The van der Waals surface area contributed by atoms with Crippen LogP contribution in [0.25, 0.3) is 0 Å². The van der Waals surface area contributed by atoms with E-state index in [-0.39, 0.29) is 21.7 Å². The molecule has 8 aromatic carbocycles. The van der Waals surface area contributed by atoms with E-state index in [9.17, 15) is 40.9 Å². The molecule has 16 N–H and O–H groups in total. The molecule has 110 heavy (non-hydrogen) atoms. The fraction of sp³-hybridized carbons (Fsp3) is 0.455. The Hall–Kier alpha value is -5.24. The van der Waals surface area contributed by atoms with Gasteiger partial charge in [0, 0.05) is 21.7 Å². The van der Waals surface area contributed by atoms with Crippen LogP contribution < -0.4 is 0 Å². The summed E-state index contributed by atoms with van der Waals surface area (Å²) in [7, 11) is -10.4. The molecule has 0 amide bonds. The Bertz CT molecular complexity index is 3880. The molecule has 0 aliphatic rings. The van der Waals surface area contributed by atoms with Gasteiger partial charge in [0.05, 0.1) is 50.5 Å². The Labute approximate surface area is 658 Å². The third-order valence-electron chi connectivity index (χ3n) is 21.8. The molecule has 8 aromatic rings. The van der Waals surface area contributed by atoms with E-state index < -0.39 is 118 Å². The smallest absolute Gasteiger partial charge is 0.334 e. The molecule has 0 saturated carbocycles. The average molecular weight is 1590 g/mol. The van der Waals surface area contributed by atoms with Gasteiger partial charge in [-0.3, -0.25) is 0 Å². The summed E-state index contributed by atoms with van der Waals surface area (Å²) >= 11 is 0. The SMILES string of the molecule is CC(C)(c1ccccc1)c1ccc(C(O)(c2ccc(C(C)(C)c3ccccc3)cc2C(C)(C)c2ccccc2)C(CO)(CO)CO)c(C(C)(C)c2ccccc2)c1.Cc1cc(C(C)(C)C)c(C(O)(c2c(C(C)(C)C)cc(C)cc2C(C)(C)C)C(CO)(CO)CO)c(C(C)(C)C)c1.OP(O)OP(O)O.OP(O)OP(O)O. The molecule has 0 saturated heterocycles. The van der Waals surface area contributed by atoms with Gasteiger partial charge in [0.1, 0.15) is 11.2 Å². The Balaban J connectivity index is 0.000000351. The van der Waals surface area contributed by atoms with E-state index in [2.05, 4.69) is 282 Å². The summed E-state index contributed by atoms with van der Waals surface area (Å²) in [5.41, 5.74) is 5.22. The molecule has 604 valence electrons. The first-order valence-electron chi connectivity index (χ1n) is 36.7. The molecule has 0 spiro atoms. The molecule has 0 heterocycles. The molecule has 22 heteroatoms. The largest absolute Gasteiger partial charge is 0.395 e. The fourth-order valence-electron chi connectivity index (χ4n) is 14.8. The lowest BCUT2D eigenvalue weighted by atomic mass is 9.56. The van der Waals surface area contributed by atoms with Gasteiger partial charge in [0.2, 0.25) is 0 Å². The zero-order valence-corrected chi connectivity index (χ0v) is 71.9. The molecule has 0 radical (unpaired) electrons. The van der Waals surface area contributed by atoms with Gasteiger partial charge in [-0.05, 0) is 125 Å². The van der Waals surface area contributed by atoms with Gasteiger partial charge in [-0.2, -0.15) is 0 Å². The Kier molecular flexibility index (Phi) is 32.6. The quantitative estimate of drug-likeness (QED) is 0.0250. The Morgan fingerprint density at radius 1 is 0.245 bits per heavy atom. The first-order chi connectivity index (χ1) is 50.7. The highest BCUT2D eigenvalue weighted by atomic mass is 31.2. The van der Waals surface area contributed by atoms with Gasteiger partial charge >= 0.3 is 34.4 Å². The van der Waals surface area contributed by atoms with Gasteiger partial charge in [-0.25, -0.2) is 8.62 Å². The van der Waals surface area contributed by atoms with E-state index in [0.717, 1.165) is 77.9 Å². The summed E-state index contributed by atoms with van der Waals surface area (Å²) in [5, 5.41) is 95.4. The van der Waals surface area contributed by atoms with Gasteiger partial charge in [-0.1, -0.05) is 332 Å². The van der Waals surface area contributed by atoms with Crippen LogP contribution in [0.2, 0.25) is 0 Å². The first kappa shape index (κ1) is 95.3. The second kappa shape index (κ2) is 37.6. The molecule has 18 nitrogen and oxygen atoms in total. The van der Waals surface area contributed by atoms with E-state index in [1.807, 2.05) is 60.7 Å². The third kappa shape index (κ3) is 21.1. The second-order valence-corrected chi connectivity index (χ2v) is 38.4. The van der Waals surface area contributed by atoms with Crippen molar-refractivity contribution in [2.24, 2.45) is 10.8 Å². The Morgan fingerprint density at radius 2 is 0.455 bits per heavy atom. The number of rotatable bonds is 24. The van der Waals surface area contributed by atoms with Crippen LogP contribution in [0.3, 0.4) is 0 Å². The van der Waals surface area contributed by atoms with Crippen LogP contribution in [-0.2, 0) is 63.1 Å². The molecule has 0 bridgehead atoms. The predicted molar refractivity (Wildman–Crippen MR) is 445 cm³/mol. The predicted octanol–water partition coefficient (Wildman–Crippen LogP) is 15.7. The van der Waals surface area contributed by atoms with Crippen molar-refractivity contribution >= 4 is 34.4 Å². The van der Waals surface area contributed by atoms with E-state index >= 15 is 0 Å². The zero-order chi connectivity index (χ0) is 83.6. The minimum atomic E-state index is -2.61. The molecule has 8 rings (SSSR count). The molecular formula is C88H124O18P4. The van der Waals surface area contributed by atoms with Crippen LogP contribution in [0.4, 0.5) is 0 Å². The van der Waals surface area contributed by atoms with Crippen molar-refractivity contribution in [3.63, 3.8) is 0 Å². The molecule has 0 atom stereocenters. The van der Waals surface area contributed by atoms with Crippen LogP contribution >= 0.6 is 34.4 Å². The summed E-state index contributed by atoms with van der Waals surface area (Å²) in [5.74, 6) is 0. The van der Waals surface area contributed by atoms with E-state index in [0.29, 0.717) is 22.3 Å². The monoisotopic (exact) mass is 1590 g/mol. The third-order valence-corrected chi connectivity index (χ3v) is 24.1. The first-order valence-corrected chi connectivity index (χ1v) is 41.4. The highest BCUT2D eigenvalue weighted by molar-refractivity contribution is 7.53. The lowest BCUT2D eigenvalue weighted by molar-refractivity contribution is -0.138. The van der Waals surface area contributed by atoms with Gasteiger partial charge in [0.25, 0.3) is 0 Å². The van der Waals surface area contributed by atoms with Crippen molar-refractivity contribution in [2.45, 2.75) is 207 Å². The van der Waals surface area contributed by atoms with Gasteiger partial charge < -0.3 is 80.0 Å². The summed E-state index contributed by atoms with van der Waals surface area (Å²) in [4.78, 5) is 62.5. The van der Waals surface area contributed by atoms with Crippen LogP contribution in [0.15, 0.2) is 182 Å². The summed E-state index contributed by atoms with van der Waals surface area (Å²) in [6.45, 7) is 43.2. The Morgan fingerprint density at radius 3 is 0.645 bits per heavy atom. The van der Waals surface area contributed by atoms with Crippen molar-refractivity contribution in [3.05, 3.63) is 282 Å². The van der Waals surface area contributed by atoms with Gasteiger partial charge in [0.15, 0.2) is 0 Å². The normalized spacial score (nSPS) is 13.3. The maximum Gasteiger partial charge on any atom is 0.334 e. The zero-order valence-electron chi connectivity index (χ0n) is 68.3. The number of aliphatic hydroxyl groups excluding tert-OH is 6. The number of aliphatic hydroxyl groups is 8. The summed E-state index contributed by atoms with van der Waals surface area (Å²) < 4.78 is 7.20. The summed E-state index contributed by atoms with van der Waals surface area (Å²) in [6.07, 6.45) is 0. The van der Waals surface area contributed by atoms with Crippen LogP contribution in [0.1, 0.15) is 239 Å². The van der Waals surface area contributed by atoms with Crippen LogP contribution in [0.5, 0.6) is 0 Å². The van der Waals surface area contributed by atoms with Crippen molar-refractivity contribution in [3.8, 4) is 0 Å². The number of hydrogen-bond acceptors (Lipinski definition) is 18. The van der Waals surface area contributed by atoms with Crippen molar-refractivity contribution in [2.75, 3.05) is 39.6 Å². The second-order valence-electron chi connectivity index (χ2n) is 35.1. The average Bonchev–Trinajstić information content (AvgIpc) is 0.700. The summed E-state index contributed by atoms with van der Waals surface area (Å²) in [6, 6.07) is 62.2. The van der Waals surface area contributed by atoms with Crippen molar-refractivity contribution in [1.82, 2.24) is 0 Å². The lowest BCUT2D eigenvalue weighted by Crippen LogP contribution is -2.57. The highest BCUT2D eigenvalue weighted by Crippen LogP contribution is 2.58. The maximum absolute atomic E-state index is 14.2. The molecule has 0 aliphatic heterocycles. The highest BCUT2D eigenvalue weighted by Gasteiger charge is 2.59.